The molecule has 0 radical (unpaired) electrons. The lowest BCUT2D eigenvalue weighted by Crippen LogP contribution is -2.45. The molecule has 0 aliphatic carbocycles. The molecule has 0 aromatic carbocycles. The lowest BCUT2D eigenvalue weighted by molar-refractivity contribution is -0.873. The molecule has 31 heavy (non-hydrogen) atoms. The topological polar surface area (TPSA) is 66.4 Å². The number of allylic oxidation sites excluding steroid dienone is 2. The van der Waals surface area contributed by atoms with Gasteiger partial charge < -0.3 is 19.1 Å². The van der Waals surface area contributed by atoms with Gasteiger partial charge in [-0.1, -0.05) is 70.4 Å². The summed E-state index contributed by atoms with van der Waals surface area (Å²) in [7, 11) is 5.83. The standard InChI is InChI=1S/C25H47NO4.ClH/c1-5-6-7-8-9-10-11-12-13-14-15-16-17-18-19-20-25(29)30-23(21-24(27)28)22-26(2,3)4;/h12-13,23H,5-11,14-22H2,1-4H3;1H/b13-12-;/i25+1;. The molecular weight excluding hydrogens is 415 g/mol. The molecule has 1 unspecified atom stereocenters. The maximum Gasteiger partial charge on any atom is 0.306 e. The summed E-state index contributed by atoms with van der Waals surface area (Å²) in [6.45, 7) is 2.72. The predicted molar refractivity (Wildman–Crippen MR) is 129 cm³/mol. The van der Waals surface area contributed by atoms with Gasteiger partial charge >= 0.3 is 5.97 Å². The second-order valence-corrected chi connectivity index (χ2v) is 9.50. The molecule has 6 heteroatoms. The van der Waals surface area contributed by atoms with Gasteiger partial charge in [-0.25, -0.2) is 0 Å². The quantitative estimate of drug-likeness (QED) is 0.0819. The Morgan fingerprint density at radius 1 is 0.839 bits per heavy atom. The second-order valence-electron chi connectivity index (χ2n) is 9.50. The van der Waals surface area contributed by atoms with E-state index in [-0.39, 0.29) is 24.8 Å². The molecule has 0 N–H and O–H groups in total. The van der Waals surface area contributed by atoms with Crippen LogP contribution in [0.3, 0.4) is 0 Å². The Hall–Kier alpha value is -1.07. The van der Waals surface area contributed by atoms with Crippen molar-refractivity contribution in [2.45, 2.75) is 109 Å². The number of hydrogen-bond donors (Lipinski definition) is 0. The summed E-state index contributed by atoms with van der Waals surface area (Å²) in [5, 5.41) is 10.9. The number of esters is 1. The van der Waals surface area contributed by atoms with Gasteiger partial charge in [-0.05, 0) is 32.1 Å². The van der Waals surface area contributed by atoms with Crippen LogP contribution in [0.4, 0.5) is 0 Å². The number of carboxylic acids is 1. The van der Waals surface area contributed by atoms with Crippen molar-refractivity contribution in [1.29, 1.82) is 0 Å². The van der Waals surface area contributed by atoms with E-state index in [1.165, 1.54) is 57.8 Å². The lowest BCUT2D eigenvalue weighted by atomic mass is 10.1. The highest BCUT2D eigenvalue weighted by atomic mass is 35.5. The molecule has 0 bridgehead atoms. The van der Waals surface area contributed by atoms with Crippen LogP contribution < -0.4 is 5.11 Å². The van der Waals surface area contributed by atoms with E-state index in [4.69, 9.17) is 4.74 Å². The number of halogens is 1. The minimum absolute atomic E-state index is 0. The fourth-order valence-electron chi connectivity index (χ4n) is 3.53. The summed E-state index contributed by atoms with van der Waals surface area (Å²) in [4.78, 5) is 22.9. The lowest BCUT2D eigenvalue weighted by Gasteiger charge is -2.29. The van der Waals surface area contributed by atoms with Gasteiger partial charge in [-0.3, -0.25) is 4.79 Å². The van der Waals surface area contributed by atoms with E-state index in [9.17, 15) is 14.7 Å². The molecule has 0 saturated heterocycles. The number of nitrogens with zero attached hydrogens (tertiary/aromatic N) is 1. The molecule has 0 amide bonds. The van der Waals surface area contributed by atoms with Crippen LogP contribution in [0.15, 0.2) is 12.2 Å². The molecule has 0 heterocycles. The minimum atomic E-state index is -1.18. The SMILES string of the molecule is CCCCCCCC/C=C\CCCCCCC[13C](=O)OC(CC(=O)[O-])C[N+](C)(C)C.Cl. The third kappa shape index (κ3) is 25.1. The van der Waals surface area contributed by atoms with Crippen LogP contribution in [0.25, 0.3) is 0 Å². The van der Waals surface area contributed by atoms with E-state index in [0.717, 1.165) is 25.7 Å². The van der Waals surface area contributed by atoms with E-state index >= 15 is 0 Å². The van der Waals surface area contributed by atoms with Gasteiger partial charge in [-0.2, -0.15) is 0 Å². The van der Waals surface area contributed by atoms with Crippen LogP contribution in [-0.4, -0.2) is 50.2 Å². The summed E-state index contributed by atoms with van der Waals surface area (Å²) in [6.07, 6.45) is 19.9. The molecule has 0 aromatic rings. The van der Waals surface area contributed by atoms with Gasteiger partial charge in [0.1, 0.15) is 6.54 Å². The number of ether oxygens (including phenoxy) is 1. The first kappa shape index (κ1) is 32.1. The molecular formula is C25H48ClNO4. The zero-order valence-corrected chi connectivity index (χ0v) is 21.4. The van der Waals surface area contributed by atoms with Gasteiger partial charge in [-0.15, -0.1) is 12.4 Å². The highest BCUT2D eigenvalue weighted by Gasteiger charge is 2.22. The molecule has 0 fully saturated rings. The van der Waals surface area contributed by atoms with Crippen LogP contribution in [0.5, 0.6) is 0 Å². The predicted octanol–water partition coefficient (Wildman–Crippen LogP) is 5.20. The maximum atomic E-state index is 12.0. The molecule has 0 aromatic heterocycles. The fourth-order valence-corrected chi connectivity index (χ4v) is 3.53. The highest BCUT2D eigenvalue weighted by molar-refractivity contribution is 5.85. The zero-order valence-electron chi connectivity index (χ0n) is 20.5. The highest BCUT2D eigenvalue weighted by Crippen LogP contribution is 2.12. The molecule has 5 nitrogen and oxygen atoms in total. The third-order valence-electron chi connectivity index (χ3n) is 5.09. The average molecular weight is 463 g/mol. The Balaban J connectivity index is 0. The van der Waals surface area contributed by atoms with Crippen molar-refractivity contribution >= 4 is 24.3 Å². The number of unbranched alkanes of at least 4 members (excludes halogenated alkanes) is 11. The van der Waals surface area contributed by atoms with Gasteiger partial charge in [0.2, 0.25) is 0 Å². The third-order valence-corrected chi connectivity index (χ3v) is 5.09. The zero-order chi connectivity index (χ0) is 22.7. The van der Waals surface area contributed by atoms with Crippen molar-refractivity contribution in [3.63, 3.8) is 0 Å². The average Bonchev–Trinajstić information content (AvgIpc) is 2.63. The van der Waals surface area contributed by atoms with E-state index < -0.39 is 12.1 Å². The number of hydrogen-bond acceptors (Lipinski definition) is 4. The van der Waals surface area contributed by atoms with Crippen molar-refractivity contribution in [2.24, 2.45) is 0 Å². The number of likely N-dealkylation sites (N-methyl/N-ethyl adjacent to an activating group) is 1. The van der Waals surface area contributed by atoms with Gasteiger partial charge in [0.05, 0.1) is 21.1 Å². The molecule has 0 rings (SSSR count). The number of rotatable bonds is 20. The summed E-state index contributed by atoms with van der Waals surface area (Å²) in [5.74, 6) is -1.48. The Morgan fingerprint density at radius 3 is 1.81 bits per heavy atom. The van der Waals surface area contributed by atoms with E-state index in [1.807, 2.05) is 21.1 Å². The number of aliphatic carboxylic acids is 1. The molecule has 184 valence electrons. The van der Waals surface area contributed by atoms with Crippen LogP contribution in [-0.2, 0) is 14.3 Å². The van der Waals surface area contributed by atoms with Crippen molar-refractivity contribution in [3.8, 4) is 0 Å². The largest absolute Gasteiger partial charge is 0.550 e. The Kier molecular flexibility index (Phi) is 21.6. The van der Waals surface area contributed by atoms with Gasteiger partial charge in [0.15, 0.2) is 6.10 Å². The first-order valence-corrected chi connectivity index (χ1v) is 12.1. The maximum absolute atomic E-state index is 12.0. The van der Waals surface area contributed by atoms with Crippen molar-refractivity contribution in [2.75, 3.05) is 27.7 Å². The summed E-state index contributed by atoms with van der Waals surface area (Å²) in [6, 6.07) is 0. The molecule has 0 aliphatic heterocycles. The van der Waals surface area contributed by atoms with Crippen LogP contribution >= 0.6 is 12.4 Å². The summed E-state index contributed by atoms with van der Waals surface area (Å²) < 4.78 is 5.91. The Bertz CT molecular complexity index is 475. The monoisotopic (exact) mass is 462 g/mol. The first-order chi connectivity index (χ1) is 14.2. The second kappa shape index (κ2) is 20.8. The number of carbonyl (C=O) groups is 2. The molecule has 1 atom stereocenters. The van der Waals surface area contributed by atoms with Crippen LogP contribution in [0.1, 0.15) is 103 Å². The van der Waals surface area contributed by atoms with Crippen molar-refractivity contribution in [1.82, 2.24) is 0 Å². The van der Waals surface area contributed by atoms with Crippen molar-refractivity contribution < 1.29 is 23.9 Å². The number of carbonyl (C=O) groups excluding carboxylic acids is 2. The summed E-state index contributed by atoms with van der Waals surface area (Å²) in [5.41, 5.74) is 0. The Morgan fingerprint density at radius 2 is 1.32 bits per heavy atom. The number of quaternary nitrogens is 1. The van der Waals surface area contributed by atoms with Crippen LogP contribution in [0.2, 0.25) is 0 Å². The minimum Gasteiger partial charge on any atom is -0.550 e. The van der Waals surface area contributed by atoms with Gasteiger partial charge in [0.25, 0.3) is 0 Å². The normalized spacial score (nSPS) is 12.5. The van der Waals surface area contributed by atoms with E-state index in [1.54, 1.807) is 0 Å². The van der Waals surface area contributed by atoms with Crippen molar-refractivity contribution in [3.05, 3.63) is 12.2 Å². The smallest absolute Gasteiger partial charge is 0.306 e. The molecule has 0 aliphatic rings. The molecule has 0 saturated carbocycles. The fraction of sp³-hybridized carbons (Fsp3) is 0.840. The molecule has 0 spiro atoms. The van der Waals surface area contributed by atoms with Gasteiger partial charge in [0, 0.05) is 18.8 Å². The Labute approximate surface area is 197 Å². The number of carboxylic acid groups (broad SMARTS) is 1. The summed E-state index contributed by atoms with van der Waals surface area (Å²) >= 11 is 0. The first-order valence-electron chi connectivity index (χ1n) is 12.1. The van der Waals surface area contributed by atoms with E-state index in [2.05, 4.69) is 19.1 Å². The van der Waals surface area contributed by atoms with Crippen LogP contribution in [0, 0.1) is 0 Å². The van der Waals surface area contributed by atoms with E-state index in [0.29, 0.717) is 17.4 Å².